The van der Waals surface area contributed by atoms with E-state index >= 15 is 0 Å². The van der Waals surface area contributed by atoms with Gasteiger partial charge in [-0.2, -0.15) is 0 Å². The van der Waals surface area contributed by atoms with Gasteiger partial charge in [-0.05, 0) is 56.5 Å². The molecule has 5 heteroatoms. The number of carbonyl (C=O) groups excluding carboxylic acids is 1. The Balaban J connectivity index is 1.78. The standard InChI is InChI=1S/C20H25N3O2/c1-14-7-5-6-12-23(14)18-11-10-15(13-17(18)21)22-20(24)16-8-3-4-9-19(16)25-2/h3-4,8-11,13-14H,5-7,12,21H2,1-2H3,(H,22,24)/t14-/m1/s1. The summed E-state index contributed by atoms with van der Waals surface area (Å²) in [7, 11) is 1.55. The molecule has 0 bridgehead atoms. The fraction of sp³-hybridized carbons (Fsp3) is 0.350. The average Bonchev–Trinajstić information content (AvgIpc) is 2.62. The highest BCUT2D eigenvalue weighted by Crippen LogP contribution is 2.32. The third-order valence-corrected chi connectivity index (χ3v) is 4.75. The minimum absolute atomic E-state index is 0.212. The Hall–Kier alpha value is -2.69. The Morgan fingerprint density at radius 2 is 2.04 bits per heavy atom. The second-order valence-electron chi connectivity index (χ2n) is 6.47. The topological polar surface area (TPSA) is 67.6 Å². The Labute approximate surface area is 148 Å². The second kappa shape index (κ2) is 7.47. The van der Waals surface area contributed by atoms with Crippen LogP contribution in [0.15, 0.2) is 42.5 Å². The average molecular weight is 339 g/mol. The Morgan fingerprint density at radius 3 is 2.76 bits per heavy atom. The number of amides is 1. The van der Waals surface area contributed by atoms with Crippen LogP contribution in [0, 0.1) is 0 Å². The molecule has 1 saturated heterocycles. The summed E-state index contributed by atoms with van der Waals surface area (Å²) in [4.78, 5) is 14.9. The molecule has 2 aromatic rings. The maximum Gasteiger partial charge on any atom is 0.259 e. The number of ether oxygens (including phenoxy) is 1. The molecule has 1 fully saturated rings. The first-order valence-electron chi connectivity index (χ1n) is 8.70. The van der Waals surface area contributed by atoms with Crippen molar-refractivity contribution in [3.63, 3.8) is 0 Å². The number of anilines is 3. The maximum atomic E-state index is 12.5. The number of para-hydroxylation sites is 1. The minimum atomic E-state index is -0.212. The molecule has 1 atom stereocenters. The summed E-state index contributed by atoms with van der Waals surface area (Å²) in [5.41, 5.74) is 9.18. The third kappa shape index (κ3) is 3.71. The zero-order valence-corrected chi connectivity index (χ0v) is 14.8. The zero-order valence-electron chi connectivity index (χ0n) is 14.8. The Morgan fingerprint density at radius 1 is 1.24 bits per heavy atom. The van der Waals surface area contributed by atoms with Gasteiger partial charge in [0, 0.05) is 18.3 Å². The lowest BCUT2D eigenvalue weighted by Gasteiger charge is -2.36. The highest BCUT2D eigenvalue weighted by atomic mass is 16.5. The number of nitrogen functional groups attached to an aromatic ring is 1. The van der Waals surface area contributed by atoms with Crippen LogP contribution in [0.4, 0.5) is 17.1 Å². The van der Waals surface area contributed by atoms with Crippen LogP contribution in [0.1, 0.15) is 36.5 Å². The number of rotatable bonds is 4. The van der Waals surface area contributed by atoms with Crippen LogP contribution in [0.3, 0.4) is 0 Å². The molecule has 0 aromatic heterocycles. The SMILES string of the molecule is COc1ccccc1C(=O)Nc1ccc(N2CCCC[C@H]2C)c(N)c1. The smallest absolute Gasteiger partial charge is 0.259 e. The first kappa shape index (κ1) is 17.1. The van der Waals surface area contributed by atoms with Crippen LogP contribution < -0.4 is 20.7 Å². The van der Waals surface area contributed by atoms with E-state index in [2.05, 4.69) is 17.1 Å². The van der Waals surface area contributed by atoms with E-state index in [-0.39, 0.29) is 5.91 Å². The molecule has 3 rings (SSSR count). The normalized spacial score (nSPS) is 17.2. The Kier molecular flexibility index (Phi) is 5.12. The lowest BCUT2D eigenvalue weighted by atomic mass is 10.0. The summed E-state index contributed by atoms with van der Waals surface area (Å²) in [6.45, 7) is 3.26. The number of nitrogens with two attached hydrogens (primary N) is 1. The van der Waals surface area contributed by atoms with E-state index in [0.29, 0.717) is 28.7 Å². The van der Waals surface area contributed by atoms with Gasteiger partial charge >= 0.3 is 0 Å². The van der Waals surface area contributed by atoms with Crippen LogP contribution in [0.5, 0.6) is 5.75 Å². The molecule has 5 nitrogen and oxygen atoms in total. The summed E-state index contributed by atoms with van der Waals surface area (Å²) in [6.07, 6.45) is 3.65. The first-order chi connectivity index (χ1) is 12.1. The molecule has 2 aromatic carbocycles. The van der Waals surface area contributed by atoms with Gasteiger partial charge < -0.3 is 20.7 Å². The minimum Gasteiger partial charge on any atom is -0.496 e. The van der Waals surface area contributed by atoms with E-state index in [1.54, 1.807) is 19.2 Å². The molecule has 0 spiro atoms. The number of hydrogen-bond acceptors (Lipinski definition) is 4. The zero-order chi connectivity index (χ0) is 17.8. The van der Waals surface area contributed by atoms with Gasteiger partial charge in [0.2, 0.25) is 0 Å². The summed E-state index contributed by atoms with van der Waals surface area (Å²) in [6, 6.07) is 13.4. The van der Waals surface area contributed by atoms with Crippen LogP contribution in [-0.2, 0) is 0 Å². The molecule has 1 aliphatic rings. The maximum absolute atomic E-state index is 12.5. The van der Waals surface area contributed by atoms with Gasteiger partial charge in [-0.3, -0.25) is 4.79 Å². The van der Waals surface area contributed by atoms with Gasteiger partial charge in [-0.25, -0.2) is 0 Å². The summed E-state index contributed by atoms with van der Waals surface area (Å²) >= 11 is 0. The number of piperidine rings is 1. The molecule has 0 unspecified atom stereocenters. The number of carbonyl (C=O) groups is 1. The summed E-state index contributed by atoms with van der Waals surface area (Å²) in [5, 5.41) is 2.90. The highest BCUT2D eigenvalue weighted by molar-refractivity contribution is 6.06. The van der Waals surface area contributed by atoms with Crippen molar-refractivity contribution in [1.29, 1.82) is 0 Å². The quantitative estimate of drug-likeness (QED) is 0.829. The summed E-state index contributed by atoms with van der Waals surface area (Å²) in [5.74, 6) is 0.336. The fourth-order valence-corrected chi connectivity index (χ4v) is 3.38. The van der Waals surface area contributed by atoms with Crippen LogP contribution in [-0.4, -0.2) is 25.6 Å². The molecule has 1 heterocycles. The first-order valence-corrected chi connectivity index (χ1v) is 8.70. The molecule has 25 heavy (non-hydrogen) atoms. The van der Waals surface area contributed by atoms with Gasteiger partial charge in [-0.1, -0.05) is 12.1 Å². The van der Waals surface area contributed by atoms with Crippen molar-refractivity contribution in [2.24, 2.45) is 0 Å². The van der Waals surface area contributed by atoms with Crippen LogP contribution in [0.2, 0.25) is 0 Å². The van der Waals surface area contributed by atoms with E-state index in [9.17, 15) is 4.79 Å². The molecule has 1 amide bonds. The number of nitrogens with one attached hydrogen (secondary N) is 1. The van der Waals surface area contributed by atoms with E-state index < -0.39 is 0 Å². The molecule has 0 radical (unpaired) electrons. The number of nitrogens with zero attached hydrogens (tertiary/aromatic N) is 1. The number of hydrogen-bond donors (Lipinski definition) is 2. The van der Waals surface area contributed by atoms with Gasteiger partial charge in [-0.15, -0.1) is 0 Å². The van der Waals surface area contributed by atoms with Crippen molar-refractivity contribution >= 4 is 23.0 Å². The van der Waals surface area contributed by atoms with E-state index in [1.807, 2.05) is 30.3 Å². The van der Waals surface area contributed by atoms with Gasteiger partial charge in [0.05, 0.1) is 24.0 Å². The van der Waals surface area contributed by atoms with Crippen LogP contribution in [0.25, 0.3) is 0 Å². The van der Waals surface area contributed by atoms with Crippen molar-refractivity contribution in [2.75, 3.05) is 29.6 Å². The predicted octanol–water partition coefficient (Wildman–Crippen LogP) is 3.91. The number of methoxy groups -OCH3 is 1. The number of benzene rings is 2. The largest absolute Gasteiger partial charge is 0.496 e. The van der Waals surface area contributed by atoms with E-state index in [0.717, 1.165) is 12.2 Å². The fourth-order valence-electron chi connectivity index (χ4n) is 3.38. The molecule has 1 aliphatic heterocycles. The monoisotopic (exact) mass is 339 g/mol. The van der Waals surface area contributed by atoms with Crippen molar-refractivity contribution in [1.82, 2.24) is 0 Å². The van der Waals surface area contributed by atoms with Crippen LogP contribution >= 0.6 is 0 Å². The molecular weight excluding hydrogens is 314 g/mol. The molecule has 0 aliphatic carbocycles. The summed E-state index contributed by atoms with van der Waals surface area (Å²) < 4.78 is 5.25. The van der Waals surface area contributed by atoms with Gasteiger partial charge in [0.25, 0.3) is 5.91 Å². The molecule has 132 valence electrons. The highest BCUT2D eigenvalue weighted by Gasteiger charge is 2.20. The molecule has 0 saturated carbocycles. The lowest BCUT2D eigenvalue weighted by Crippen LogP contribution is -2.37. The molecule has 3 N–H and O–H groups in total. The van der Waals surface area contributed by atoms with Crippen molar-refractivity contribution in [3.05, 3.63) is 48.0 Å². The van der Waals surface area contributed by atoms with Gasteiger partial charge in [0.15, 0.2) is 0 Å². The Bertz CT molecular complexity index is 760. The molecular formula is C20H25N3O2. The van der Waals surface area contributed by atoms with E-state index in [4.69, 9.17) is 10.5 Å². The second-order valence-corrected chi connectivity index (χ2v) is 6.47. The lowest BCUT2D eigenvalue weighted by molar-refractivity contribution is 0.102. The van der Waals surface area contributed by atoms with E-state index in [1.165, 1.54) is 19.3 Å². The predicted molar refractivity (Wildman–Crippen MR) is 102 cm³/mol. The van der Waals surface area contributed by atoms with Crippen molar-refractivity contribution in [3.8, 4) is 5.75 Å². The van der Waals surface area contributed by atoms with Crippen molar-refractivity contribution < 1.29 is 9.53 Å². The third-order valence-electron chi connectivity index (χ3n) is 4.75. The van der Waals surface area contributed by atoms with Crippen molar-refractivity contribution in [2.45, 2.75) is 32.2 Å². The van der Waals surface area contributed by atoms with Gasteiger partial charge in [0.1, 0.15) is 5.75 Å².